The Morgan fingerprint density at radius 1 is 1.43 bits per heavy atom. The topological polar surface area (TPSA) is 84.2 Å². The fourth-order valence-electron chi connectivity index (χ4n) is 0.912. The average molecular weight is 201 g/mol. The highest BCUT2D eigenvalue weighted by Crippen LogP contribution is 1.85. The lowest BCUT2D eigenvalue weighted by Gasteiger charge is -2.13. The van der Waals surface area contributed by atoms with Crippen molar-refractivity contribution < 1.29 is 9.59 Å². The number of carbonyl (C=O) groups is 2. The van der Waals surface area contributed by atoms with Crippen LogP contribution in [-0.4, -0.2) is 30.9 Å². The summed E-state index contributed by atoms with van der Waals surface area (Å²) in [7, 11) is 0. The predicted octanol–water partition coefficient (Wildman–Crippen LogP) is -0.634. The molecule has 0 saturated carbocycles. The van der Waals surface area contributed by atoms with Crippen molar-refractivity contribution in [3.05, 3.63) is 0 Å². The number of rotatable bonds is 6. The molecule has 1 atom stereocenters. The van der Waals surface area contributed by atoms with Crippen LogP contribution in [0.15, 0.2) is 0 Å². The Labute approximate surface area is 84.4 Å². The Morgan fingerprint density at radius 3 is 2.57 bits per heavy atom. The SMILES string of the molecule is CCCNC(=O)C(C)NC(=O)CCN. The summed E-state index contributed by atoms with van der Waals surface area (Å²) < 4.78 is 0. The van der Waals surface area contributed by atoms with Crippen molar-refractivity contribution in [3.8, 4) is 0 Å². The molecule has 0 heterocycles. The van der Waals surface area contributed by atoms with E-state index in [1.807, 2.05) is 6.92 Å². The van der Waals surface area contributed by atoms with E-state index in [4.69, 9.17) is 5.73 Å². The van der Waals surface area contributed by atoms with E-state index >= 15 is 0 Å². The zero-order chi connectivity index (χ0) is 11.0. The zero-order valence-electron chi connectivity index (χ0n) is 8.80. The van der Waals surface area contributed by atoms with Crippen LogP contribution in [-0.2, 0) is 9.59 Å². The molecule has 1 unspecified atom stereocenters. The van der Waals surface area contributed by atoms with Crippen LogP contribution in [0.5, 0.6) is 0 Å². The summed E-state index contributed by atoms with van der Waals surface area (Å²) in [6.07, 6.45) is 1.14. The lowest BCUT2D eigenvalue weighted by molar-refractivity contribution is -0.128. The summed E-state index contributed by atoms with van der Waals surface area (Å²) in [5, 5.41) is 5.25. The third-order valence-corrected chi connectivity index (χ3v) is 1.69. The second-order valence-corrected chi connectivity index (χ2v) is 3.12. The summed E-state index contributed by atoms with van der Waals surface area (Å²) in [4.78, 5) is 22.3. The van der Waals surface area contributed by atoms with E-state index in [1.165, 1.54) is 0 Å². The first kappa shape index (κ1) is 12.9. The van der Waals surface area contributed by atoms with Crippen LogP contribution in [0.25, 0.3) is 0 Å². The van der Waals surface area contributed by atoms with Crippen LogP contribution in [0.2, 0.25) is 0 Å². The van der Waals surface area contributed by atoms with Crippen molar-refractivity contribution in [2.75, 3.05) is 13.1 Å². The Balaban J connectivity index is 3.76. The van der Waals surface area contributed by atoms with E-state index in [1.54, 1.807) is 6.92 Å². The summed E-state index contributed by atoms with van der Waals surface area (Å²) in [6, 6.07) is -0.486. The van der Waals surface area contributed by atoms with E-state index in [-0.39, 0.29) is 18.2 Å². The van der Waals surface area contributed by atoms with Crippen LogP contribution >= 0.6 is 0 Å². The maximum Gasteiger partial charge on any atom is 0.242 e. The van der Waals surface area contributed by atoms with Gasteiger partial charge in [0.15, 0.2) is 0 Å². The van der Waals surface area contributed by atoms with Crippen molar-refractivity contribution in [3.63, 3.8) is 0 Å². The summed E-state index contributed by atoms with van der Waals surface area (Å²) in [5.74, 6) is -0.344. The van der Waals surface area contributed by atoms with Gasteiger partial charge in [-0.25, -0.2) is 0 Å². The second kappa shape index (κ2) is 7.32. The highest BCUT2D eigenvalue weighted by Gasteiger charge is 2.13. The van der Waals surface area contributed by atoms with Gasteiger partial charge in [-0.3, -0.25) is 9.59 Å². The van der Waals surface area contributed by atoms with Gasteiger partial charge in [0, 0.05) is 19.5 Å². The van der Waals surface area contributed by atoms with Gasteiger partial charge in [-0.1, -0.05) is 6.92 Å². The molecule has 0 spiro atoms. The largest absolute Gasteiger partial charge is 0.354 e. The molecule has 4 N–H and O–H groups in total. The van der Waals surface area contributed by atoms with Crippen molar-refractivity contribution in [2.24, 2.45) is 5.73 Å². The van der Waals surface area contributed by atoms with Gasteiger partial charge in [-0.2, -0.15) is 0 Å². The maximum atomic E-state index is 11.3. The molecule has 2 amide bonds. The molecule has 0 aromatic heterocycles. The van der Waals surface area contributed by atoms with Crippen molar-refractivity contribution in [2.45, 2.75) is 32.7 Å². The number of hydrogen-bond donors (Lipinski definition) is 3. The third kappa shape index (κ3) is 5.53. The molecule has 0 saturated heterocycles. The fraction of sp³-hybridized carbons (Fsp3) is 0.778. The van der Waals surface area contributed by atoms with Gasteiger partial charge < -0.3 is 16.4 Å². The summed E-state index contributed by atoms with van der Waals surface area (Å²) in [6.45, 7) is 4.56. The molecule has 0 aliphatic carbocycles. The quantitative estimate of drug-likeness (QED) is 0.535. The normalized spacial score (nSPS) is 11.9. The highest BCUT2D eigenvalue weighted by molar-refractivity contribution is 5.87. The van der Waals surface area contributed by atoms with E-state index in [0.717, 1.165) is 6.42 Å². The first-order chi connectivity index (χ1) is 6.61. The molecule has 5 heteroatoms. The minimum absolute atomic E-state index is 0.155. The second-order valence-electron chi connectivity index (χ2n) is 3.12. The molecular weight excluding hydrogens is 182 g/mol. The molecule has 0 aromatic carbocycles. The Kier molecular flexibility index (Phi) is 6.74. The number of amides is 2. The smallest absolute Gasteiger partial charge is 0.242 e. The van der Waals surface area contributed by atoms with Gasteiger partial charge in [-0.05, 0) is 13.3 Å². The van der Waals surface area contributed by atoms with Crippen LogP contribution in [0.3, 0.4) is 0 Å². The van der Waals surface area contributed by atoms with Crippen molar-refractivity contribution in [1.82, 2.24) is 10.6 Å². The molecule has 5 nitrogen and oxygen atoms in total. The van der Waals surface area contributed by atoms with Gasteiger partial charge in [0.1, 0.15) is 6.04 Å². The number of hydrogen-bond acceptors (Lipinski definition) is 3. The van der Waals surface area contributed by atoms with Crippen LogP contribution in [0.1, 0.15) is 26.7 Å². The number of nitrogens with one attached hydrogen (secondary N) is 2. The van der Waals surface area contributed by atoms with Gasteiger partial charge in [-0.15, -0.1) is 0 Å². The van der Waals surface area contributed by atoms with Crippen LogP contribution < -0.4 is 16.4 Å². The Bertz CT molecular complexity index is 194. The van der Waals surface area contributed by atoms with Gasteiger partial charge >= 0.3 is 0 Å². The van der Waals surface area contributed by atoms with Gasteiger partial charge in [0.05, 0.1) is 0 Å². The molecule has 0 rings (SSSR count). The first-order valence-electron chi connectivity index (χ1n) is 4.89. The molecular formula is C9H19N3O2. The molecule has 0 aliphatic heterocycles. The fourth-order valence-corrected chi connectivity index (χ4v) is 0.912. The zero-order valence-corrected chi connectivity index (χ0v) is 8.80. The predicted molar refractivity (Wildman–Crippen MR) is 54.6 cm³/mol. The standard InChI is InChI=1S/C9H19N3O2/c1-3-6-11-9(14)7(2)12-8(13)4-5-10/h7H,3-6,10H2,1-2H3,(H,11,14)(H,12,13). The maximum absolute atomic E-state index is 11.3. The van der Waals surface area contributed by atoms with E-state index in [9.17, 15) is 9.59 Å². The lowest BCUT2D eigenvalue weighted by Crippen LogP contribution is -2.45. The summed E-state index contributed by atoms with van der Waals surface area (Å²) >= 11 is 0. The highest BCUT2D eigenvalue weighted by atomic mass is 16.2. The van der Waals surface area contributed by atoms with E-state index in [0.29, 0.717) is 13.1 Å². The molecule has 14 heavy (non-hydrogen) atoms. The number of carbonyl (C=O) groups excluding carboxylic acids is 2. The average Bonchev–Trinajstić information content (AvgIpc) is 2.14. The molecule has 0 radical (unpaired) electrons. The number of nitrogens with two attached hydrogens (primary N) is 1. The Hall–Kier alpha value is -1.10. The lowest BCUT2D eigenvalue weighted by atomic mass is 10.3. The van der Waals surface area contributed by atoms with Crippen LogP contribution in [0, 0.1) is 0 Å². The summed E-state index contributed by atoms with van der Waals surface area (Å²) in [5.41, 5.74) is 5.20. The monoisotopic (exact) mass is 201 g/mol. The third-order valence-electron chi connectivity index (χ3n) is 1.69. The molecule has 0 aliphatic rings. The van der Waals surface area contributed by atoms with E-state index in [2.05, 4.69) is 10.6 Å². The van der Waals surface area contributed by atoms with Crippen LogP contribution in [0.4, 0.5) is 0 Å². The van der Waals surface area contributed by atoms with E-state index < -0.39 is 6.04 Å². The Morgan fingerprint density at radius 2 is 2.07 bits per heavy atom. The van der Waals surface area contributed by atoms with Crippen molar-refractivity contribution in [1.29, 1.82) is 0 Å². The minimum atomic E-state index is -0.486. The molecule has 0 aromatic rings. The minimum Gasteiger partial charge on any atom is -0.354 e. The van der Waals surface area contributed by atoms with Gasteiger partial charge in [0.2, 0.25) is 11.8 Å². The molecule has 0 fully saturated rings. The van der Waals surface area contributed by atoms with Gasteiger partial charge in [0.25, 0.3) is 0 Å². The molecule has 0 bridgehead atoms. The van der Waals surface area contributed by atoms with Crippen molar-refractivity contribution >= 4 is 11.8 Å². The molecule has 82 valence electrons. The first-order valence-corrected chi connectivity index (χ1v) is 4.89.